The molecule has 106 valence electrons. The average molecular weight is 276 g/mol. The van der Waals surface area contributed by atoms with E-state index >= 15 is 0 Å². The molecule has 8 atom stereocenters. The summed E-state index contributed by atoms with van der Waals surface area (Å²) >= 11 is 2.35. The zero-order valence-corrected chi connectivity index (χ0v) is 12.9. The Morgan fingerprint density at radius 2 is 1.42 bits per heavy atom. The average Bonchev–Trinajstić information content (AvgIpc) is 2.92. The van der Waals surface area contributed by atoms with Crippen molar-refractivity contribution < 1.29 is 0 Å². The fourth-order valence-electron chi connectivity index (χ4n) is 7.35. The lowest BCUT2D eigenvalue weighted by atomic mass is 9.46. The van der Waals surface area contributed by atoms with Gasteiger partial charge in [0.2, 0.25) is 0 Å². The molecule has 0 radical (unpaired) electrons. The van der Waals surface area contributed by atoms with Crippen LogP contribution < -0.4 is 0 Å². The van der Waals surface area contributed by atoms with Crippen LogP contribution in [0.15, 0.2) is 0 Å². The highest BCUT2D eigenvalue weighted by Crippen LogP contribution is 2.63. The number of fused-ring (bicyclic) bond motifs is 2. The van der Waals surface area contributed by atoms with Gasteiger partial charge in [-0.15, -0.1) is 0 Å². The molecule has 0 bridgehead atoms. The van der Waals surface area contributed by atoms with Gasteiger partial charge in [-0.05, 0) is 85.7 Å². The lowest BCUT2D eigenvalue weighted by molar-refractivity contribution is -0.0931. The second kappa shape index (κ2) is 4.42. The van der Waals surface area contributed by atoms with Crippen molar-refractivity contribution in [3.8, 4) is 0 Å². The molecule has 5 rings (SSSR count). The molecular weight excluding hydrogens is 248 g/mol. The van der Waals surface area contributed by atoms with Crippen LogP contribution in [0.1, 0.15) is 57.8 Å². The van der Waals surface area contributed by atoms with Crippen LogP contribution in [-0.2, 0) is 0 Å². The predicted molar refractivity (Wildman–Crippen MR) is 82.2 cm³/mol. The van der Waals surface area contributed by atoms with Crippen molar-refractivity contribution in [2.24, 2.45) is 41.4 Å². The summed E-state index contributed by atoms with van der Waals surface area (Å²) in [6, 6.07) is 0. The van der Waals surface area contributed by atoms with E-state index in [2.05, 4.69) is 11.8 Å². The molecule has 0 aromatic carbocycles. The van der Waals surface area contributed by atoms with Crippen LogP contribution in [0.3, 0.4) is 0 Å². The van der Waals surface area contributed by atoms with Crippen molar-refractivity contribution in [1.82, 2.24) is 0 Å². The largest absolute Gasteiger partial charge is 0.158 e. The van der Waals surface area contributed by atoms with Crippen molar-refractivity contribution in [1.29, 1.82) is 0 Å². The van der Waals surface area contributed by atoms with Gasteiger partial charge in [0.15, 0.2) is 0 Å². The Kier molecular flexibility index (Phi) is 2.78. The van der Waals surface area contributed by atoms with Gasteiger partial charge in [0.1, 0.15) is 0 Å². The Balaban J connectivity index is 1.51. The quantitative estimate of drug-likeness (QED) is 0.601. The molecule has 8 unspecified atom stereocenters. The van der Waals surface area contributed by atoms with Crippen LogP contribution in [0.5, 0.6) is 0 Å². The third kappa shape index (κ3) is 1.66. The monoisotopic (exact) mass is 276 g/mol. The molecule has 0 aromatic rings. The van der Waals surface area contributed by atoms with Gasteiger partial charge in [0.25, 0.3) is 0 Å². The van der Waals surface area contributed by atoms with Gasteiger partial charge in [0, 0.05) is 5.25 Å². The Labute approximate surface area is 122 Å². The fourth-order valence-corrected chi connectivity index (χ4v) is 9.03. The van der Waals surface area contributed by atoms with Crippen molar-refractivity contribution in [3.05, 3.63) is 0 Å². The van der Waals surface area contributed by atoms with E-state index in [1.54, 1.807) is 57.8 Å². The third-order valence-electron chi connectivity index (χ3n) is 7.85. The van der Waals surface area contributed by atoms with Gasteiger partial charge < -0.3 is 0 Å². The number of thioether (sulfide) groups is 1. The maximum atomic E-state index is 2.35. The lowest BCUT2D eigenvalue weighted by Crippen LogP contribution is -2.53. The minimum Gasteiger partial charge on any atom is -0.158 e. The highest BCUT2D eigenvalue weighted by Gasteiger charge is 2.56. The number of hydrogen-bond acceptors (Lipinski definition) is 1. The molecule has 4 saturated carbocycles. The minimum atomic E-state index is 1.09. The van der Waals surface area contributed by atoms with E-state index in [9.17, 15) is 0 Å². The first kappa shape index (κ1) is 12.0. The van der Waals surface area contributed by atoms with Crippen molar-refractivity contribution in [3.63, 3.8) is 0 Å². The van der Waals surface area contributed by atoms with Crippen LogP contribution in [0.2, 0.25) is 0 Å². The van der Waals surface area contributed by atoms with E-state index in [1.807, 2.05) is 0 Å². The van der Waals surface area contributed by atoms with E-state index in [4.69, 9.17) is 0 Å². The highest BCUT2D eigenvalue weighted by molar-refractivity contribution is 8.00. The number of hydrogen-bond donors (Lipinski definition) is 0. The highest BCUT2D eigenvalue weighted by atomic mass is 32.2. The molecule has 5 aliphatic rings. The lowest BCUT2D eigenvalue weighted by Gasteiger charge is -2.60. The summed E-state index contributed by atoms with van der Waals surface area (Å²) in [5.74, 6) is 9.66. The van der Waals surface area contributed by atoms with Crippen LogP contribution >= 0.6 is 11.8 Å². The number of rotatable bonds is 0. The molecular formula is C18H28S. The first-order valence-corrected chi connectivity index (χ1v) is 10.1. The van der Waals surface area contributed by atoms with E-state index in [0.717, 1.165) is 28.9 Å². The molecule has 0 aromatic heterocycles. The standard InChI is InChI=1S/C18H28S/c1-2-11-4-5-13-10-16-14(8-9-19-16)15-7-6-12(3-1)17(11)18(13)15/h11-18H,1-10H2. The molecule has 0 nitrogen and oxygen atoms in total. The summed E-state index contributed by atoms with van der Waals surface area (Å²) in [5, 5.41) is 1.09. The molecule has 1 aliphatic heterocycles. The Bertz CT molecular complexity index is 359. The van der Waals surface area contributed by atoms with E-state index in [0.29, 0.717) is 0 Å². The van der Waals surface area contributed by atoms with Gasteiger partial charge in [-0.3, -0.25) is 0 Å². The summed E-state index contributed by atoms with van der Waals surface area (Å²) in [7, 11) is 0. The second-order valence-electron chi connectivity index (χ2n) is 8.28. The Morgan fingerprint density at radius 1 is 0.632 bits per heavy atom. The fraction of sp³-hybridized carbons (Fsp3) is 1.00. The van der Waals surface area contributed by atoms with Crippen LogP contribution in [-0.4, -0.2) is 11.0 Å². The summed E-state index contributed by atoms with van der Waals surface area (Å²) in [6.45, 7) is 0. The first-order valence-electron chi connectivity index (χ1n) is 9.03. The molecule has 4 aliphatic carbocycles. The van der Waals surface area contributed by atoms with Crippen molar-refractivity contribution in [2.45, 2.75) is 63.0 Å². The van der Waals surface area contributed by atoms with Gasteiger partial charge >= 0.3 is 0 Å². The predicted octanol–water partition coefficient (Wildman–Crippen LogP) is 4.98. The summed E-state index contributed by atoms with van der Waals surface area (Å²) in [5.41, 5.74) is 0. The van der Waals surface area contributed by atoms with Gasteiger partial charge in [0.05, 0.1) is 0 Å². The normalized spacial score (nSPS) is 59.4. The van der Waals surface area contributed by atoms with E-state index < -0.39 is 0 Å². The minimum absolute atomic E-state index is 1.09. The molecule has 1 saturated heterocycles. The maximum Gasteiger partial charge on any atom is 0.00811 e. The molecule has 0 amide bonds. The van der Waals surface area contributed by atoms with E-state index in [1.165, 1.54) is 23.5 Å². The van der Waals surface area contributed by atoms with Crippen molar-refractivity contribution >= 4 is 11.8 Å². The van der Waals surface area contributed by atoms with Crippen LogP contribution in [0, 0.1) is 41.4 Å². The summed E-state index contributed by atoms with van der Waals surface area (Å²) in [6.07, 6.45) is 14.4. The van der Waals surface area contributed by atoms with Crippen molar-refractivity contribution in [2.75, 3.05) is 5.75 Å². The van der Waals surface area contributed by atoms with Gasteiger partial charge in [-0.25, -0.2) is 0 Å². The summed E-state index contributed by atoms with van der Waals surface area (Å²) in [4.78, 5) is 0. The molecule has 1 heterocycles. The smallest absolute Gasteiger partial charge is 0.00811 e. The first-order chi connectivity index (χ1) is 9.42. The molecule has 0 N–H and O–H groups in total. The molecule has 19 heavy (non-hydrogen) atoms. The second-order valence-corrected chi connectivity index (χ2v) is 9.63. The molecule has 0 spiro atoms. The molecule has 5 fully saturated rings. The van der Waals surface area contributed by atoms with Gasteiger partial charge in [-0.2, -0.15) is 11.8 Å². The SMILES string of the molecule is C1CC2CCC3CC4SCCC4C4CCC(C1)C2C34. The van der Waals surface area contributed by atoms with Crippen LogP contribution in [0.4, 0.5) is 0 Å². The Hall–Kier alpha value is 0.350. The summed E-state index contributed by atoms with van der Waals surface area (Å²) < 4.78 is 0. The maximum absolute atomic E-state index is 2.35. The topological polar surface area (TPSA) is 0 Å². The zero-order valence-electron chi connectivity index (χ0n) is 12.1. The zero-order chi connectivity index (χ0) is 12.4. The van der Waals surface area contributed by atoms with Crippen LogP contribution in [0.25, 0.3) is 0 Å². The Morgan fingerprint density at radius 3 is 2.32 bits per heavy atom. The van der Waals surface area contributed by atoms with E-state index in [-0.39, 0.29) is 0 Å². The third-order valence-corrected chi connectivity index (χ3v) is 9.29. The van der Waals surface area contributed by atoms with Gasteiger partial charge in [-0.1, -0.05) is 19.3 Å². The molecule has 1 heteroatoms.